The van der Waals surface area contributed by atoms with E-state index in [2.05, 4.69) is 37.3 Å². The fourth-order valence-corrected chi connectivity index (χ4v) is 5.83. The van der Waals surface area contributed by atoms with Gasteiger partial charge in [-0.15, -0.1) is 11.8 Å². The topological polar surface area (TPSA) is 26.3 Å². The third kappa shape index (κ3) is 1.90. The van der Waals surface area contributed by atoms with Gasteiger partial charge in [0.25, 0.3) is 0 Å². The molecule has 2 aliphatic rings. The molecule has 0 bridgehead atoms. The highest BCUT2D eigenvalue weighted by molar-refractivity contribution is 8.00. The second kappa shape index (κ2) is 5.10. The van der Waals surface area contributed by atoms with Gasteiger partial charge in [-0.3, -0.25) is 4.79 Å². The summed E-state index contributed by atoms with van der Waals surface area (Å²) in [7, 11) is 1.54. The SMILES string of the molecule is COC(=O)[C@]12CCC[C@@]1(C)[C@@H](Sc1ccccc1)CC2. The Labute approximate surface area is 125 Å². The van der Waals surface area contributed by atoms with Crippen molar-refractivity contribution in [1.29, 1.82) is 0 Å². The molecular weight excluding hydrogens is 268 g/mol. The van der Waals surface area contributed by atoms with Crippen LogP contribution >= 0.6 is 11.8 Å². The third-order valence-electron chi connectivity index (χ3n) is 5.53. The van der Waals surface area contributed by atoms with E-state index >= 15 is 0 Å². The lowest BCUT2D eigenvalue weighted by atomic mass is 9.69. The van der Waals surface area contributed by atoms with Crippen LogP contribution in [-0.2, 0) is 9.53 Å². The Hall–Kier alpha value is -0.960. The van der Waals surface area contributed by atoms with E-state index in [0.717, 1.165) is 32.1 Å². The largest absolute Gasteiger partial charge is 0.469 e. The minimum absolute atomic E-state index is 0.0219. The number of hydrogen-bond acceptors (Lipinski definition) is 3. The molecule has 2 nitrogen and oxygen atoms in total. The number of rotatable bonds is 3. The summed E-state index contributed by atoms with van der Waals surface area (Å²) in [6.45, 7) is 2.31. The van der Waals surface area contributed by atoms with Crippen LogP contribution < -0.4 is 0 Å². The molecule has 0 spiro atoms. The number of carbonyl (C=O) groups excluding carboxylic acids is 1. The Morgan fingerprint density at radius 1 is 1.25 bits per heavy atom. The molecule has 2 aliphatic carbocycles. The number of thioether (sulfide) groups is 1. The molecule has 0 aliphatic heterocycles. The molecule has 1 aromatic rings. The summed E-state index contributed by atoms with van der Waals surface area (Å²) >= 11 is 1.95. The number of ether oxygens (including phenoxy) is 1. The zero-order valence-electron chi connectivity index (χ0n) is 12.2. The Morgan fingerprint density at radius 3 is 2.70 bits per heavy atom. The van der Waals surface area contributed by atoms with Crippen LogP contribution in [0.5, 0.6) is 0 Å². The highest BCUT2D eigenvalue weighted by Gasteiger charge is 2.64. The van der Waals surface area contributed by atoms with Crippen molar-refractivity contribution in [2.45, 2.75) is 49.2 Å². The van der Waals surface area contributed by atoms with Crippen LogP contribution in [0, 0.1) is 10.8 Å². The van der Waals surface area contributed by atoms with E-state index in [1.807, 2.05) is 11.8 Å². The van der Waals surface area contributed by atoms with Crippen molar-refractivity contribution in [2.24, 2.45) is 10.8 Å². The van der Waals surface area contributed by atoms with Gasteiger partial charge in [-0.25, -0.2) is 0 Å². The molecule has 0 unspecified atom stereocenters. The summed E-state index contributed by atoms with van der Waals surface area (Å²) in [6, 6.07) is 10.6. The Bertz CT molecular complexity index is 501. The van der Waals surface area contributed by atoms with E-state index < -0.39 is 0 Å². The van der Waals surface area contributed by atoms with E-state index in [1.165, 1.54) is 12.0 Å². The predicted octanol–water partition coefficient (Wildman–Crippen LogP) is 4.29. The van der Waals surface area contributed by atoms with Gasteiger partial charge in [0.2, 0.25) is 0 Å². The van der Waals surface area contributed by atoms with Gasteiger partial charge < -0.3 is 4.74 Å². The quantitative estimate of drug-likeness (QED) is 0.777. The van der Waals surface area contributed by atoms with Crippen molar-refractivity contribution in [2.75, 3.05) is 7.11 Å². The number of carbonyl (C=O) groups is 1. The van der Waals surface area contributed by atoms with Crippen molar-refractivity contribution >= 4 is 17.7 Å². The van der Waals surface area contributed by atoms with Crippen LogP contribution in [0.15, 0.2) is 35.2 Å². The maximum Gasteiger partial charge on any atom is 0.312 e. The van der Waals surface area contributed by atoms with Gasteiger partial charge in [0.15, 0.2) is 0 Å². The number of hydrogen-bond donors (Lipinski definition) is 0. The first-order valence-electron chi connectivity index (χ1n) is 7.42. The first kappa shape index (κ1) is 14.0. The summed E-state index contributed by atoms with van der Waals surface area (Å²) in [5, 5.41) is 0.520. The van der Waals surface area contributed by atoms with E-state index in [0.29, 0.717) is 5.25 Å². The molecule has 3 atom stereocenters. The molecule has 0 saturated heterocycles. The lowest BCUT2D eigenvalue weighted by molar-refractivity contribution is -0.157. The molecular formula is C17H22O2S. The summed E-state index contributed by atoms with van der Waals surface area (Å²) < 4.78 is 5.15. The zero-order chi connectivity index (χ0) is 14.2. The first-order chi connectivity index (χ1) is 9.62. The standard InChI is InChI=1S/C17H22O2S/c1-16-10-6-11-17(16,15(18)19-2)12-9-14(16)20-13-7-4-3-5-8-13/h3-5,7-8,14H,6,9-12H2,1-2H3/t14-,16-,17+/m0/s1. The molecule has 1 aromatic carbocycles. The summed E-state index contributed by atoms with van der Waals surface area (Å²) in [5.41, 5.74) is -0.144. The van der Waals surface area contributed by atoms with Crippen molar-refractivity contribution in [1.82, 2.24) is 0 Å². The van der Waals surface area contributed by atoms with Crippen LogP contribution in [-0.4, -0.2) is 18.3 Å². The molecule has 0 radical (unpaired) electrons. The first-order valence-corrected chi connectivity index (χ1v) is 8.30. The Morgan fingerprint density at radius 2 is 2.00 bits per heavy atom. The van der Waals surface area contributed by atoms with Crippen molar-refractivity contribution in [3.63, 3.8) is 0 Å². The molecule has 3 heteroatoms. The monoisotopic (exact) mass is 290 g/mol. The van der Waals surface area contributed by atoms with Gasteiger partial charge in [-0.1, -0.05) is 31.5 Å². The van der Waals surface area contributed by atoms with E-state index in [4.69, 9.17) is 4.74 Å². The van der Waals surface area contributed by atoms with Crippen molar-refractivity contribution in [3.05, 3.63) is 30.3 Å². The lowest BCUT2D eigenvalue weighted by Crippen LogP contribution is -2.42. The number of fused-ring (bicyclic) bond motifs is 1. The molecule has 20 heavy (non-hydrogen) atoms. The van der Waals surface area contributed by atoms with Gasteiger partial charge in [0.1, 0.15) is 0 Å². The van der Waals surface area contributed by atoms with E-state index in [-0.39, 0.29) is 16.8 Å². The van der Waals surface area contributed by atoms with Gasteiger partial charge in [-0.2, -0.15) is 0 Å². The van der Waals surface area contributed by atoms with Gasteiger partial charge in [0.05, 0.1) is 12.5 Å². The van der Waals surface area contributed by atoms with E-state index in [1.54, 1.807) is 0 Å². The van der Waals surface area contributed by atoms with Crippen LogP contribution in [0.25, 0.3) is 0 Å². The summed E-state index contributed by atoms with van der Waals surface area (Å²) in [4.78, 5) is 13.7. The fourth-order valence-electron chi connectivity index (χ4n) is 4.34. The Balaban J connectivity index is 1.87. The zero-order valence-corrected chi connectivity index (χ0v) is 13.0. The second-order valence-corrected chi connectivity index (χ2v) is 7.58. The van der Waals surface area contributed by atoms with Gasteiger partial charge >= 0.3 is 5.97 Å². The molecule has 0 amide bonds. The van der Waals surface area contributed by atoms with Crippen LogP contribution in [0.3, 0.4) is 0 Å². The van der Waals surface area contributed by atoms with Crippen molar-refractivity contribution in [3.8, 4) is 0 Å². The molecule has 108 valence electrons. The maximum atomic E-state index is 12.4. The molecule has 3 rings (SSSR count). The van der Waals surface area contributed by atoms with Gasteiger partial charge in [-0.05, 0) is 43.2 Å². The second-order valence-electron chi connectivity index (χ2n) is 6.30. The van der Waals surface area contributed by atoms with Crippen LogP contribution in [0.4, 0.5) is 0 Å². The summed E-state index contributed by atoms with van der Waals surface area (Å²) in [6.07, 6.45) is 5.40. The minimum Gasteiger partial charge on any atom is -0.469 e. The minimum atomic E-state index is -0.228. The summed E-state index contributed by atoms with van der Waals surface area (Å²) in [5.74, 6) is 0.0219. The highest BCUT2D eigenvalue weighted by Crippen LogP contribution is 2.66. The lowest BCUT2D eigenvalue weighted by Gasteiger charge is -2.38. The number of methoxy groups -OCH3 is 1. The third-order valence-corrected chi connectivity index (χ3v) is 7.12. The maximum absolute atomic E-state index is 12.4. The smallest absolute Gasteiger partial charge is 0.312 e. The fraction of sp³-hybridized carbons (Fsp3) is 0.588. The van der Waals surface area contributed by atoms with E-state index in [9.17, 15) is 4.79 Å². The van der Waals surface area contributed by atoms with Crippen LogP contribution in [0.1, 0.15) is 39.0 Å². The van der Waals surface area contributed by atoms with Crippen LogP contribution in [0.2, 0.25) is 0 Å². The Kier molecular flexibility index (Phi) is 3.57. The predicted molar refractivity (Wildman–Crippen MR) is 81.7 cm³/mol. The molecule has 0 aromatic heterocycles. The average Bonchev–Trinajstić information content (AvgIpc) is 2.94. The number of benzene rings is 1. The number of esters is 1. The van der Waals surface area contributed by atoms with Gasteiger partial charge in [0, 0.05) is 10.1 Å². The average molecular weight is 290 g/mol. The highest BCUT2D eigenvalue weighted by atomic mass is 32.2. The molecule has 2 saturated carbocycles. The molecule has 0 N–H and O–H groups in total. The normalized spacial score (nSPS) is 35.8. The molecule has 2 fully saturated rings. The van der Waals surface area contributed by atoms with Crippen molar-refractivity contribution < 1.29 is 9.53 Å². The molecule has 0 heterocycles.